The molecule has 3 fully saturated rings. The van der Waals surface area contributed by atoms with E-state index in [1.807, 2.05) is 0 Å². The third kappa shape index (κ3) is 4.87. The number of aromatic nitrogens is 3. The van der Waals surface area contributed by atoms with Gasteiger partial charge in [-0.2, -0.15) is 9.97 Å². The molecular formula is C34H30F5N5O3. The Morgan fingerprint density at radius 1 is 1.06 bits per heavy atom. The molecule has 0 amide bonds. The van der Waals surface area contributed by atoms with E-state index in [0.29, 0.717) is 11.9 Å². The van der Waals surface area contributed by atoms with E-state index in [-0.39, 0.29) is 95.6 Å². The second kappa shape index (κ2) is 10.8. The number of phenols is 1. The fourth-order valence-corrected chi connectivity index (χ4v) is 7.91. The molecule has 3 saturated heterocycles. The molecule has 0 saturated carbocycles. The van der Waals surface area contributed by atoms with Crippen LogP contribution in [0.4, 0.5) is 27.8 Å². The van der Waals surface area contributed by atoms with E-state index in [9.17, 15) is 22.7 Å². The van der Waals surface area contributed by atoms with Crippen LogP contribution < -0.4 is 14.4 Å². The maximum absolute atomic E-state index is 16.9. The third-order valence-electron chi connectivity index (χ3n) is 10.00. The number of rotatable bonds is 4. The van der Waals surface area contributed by atoms with Crippen LogP contribution in [0.5, 0.6) is 17.6 Å². The minimum absolute atomic E-state index is 0.0138. The van der Waals surface area contributed by atoms with Crippen LogP contribution in [0.15, 0.2) is 24.3 Å². The van der Waals surface area contributed by atoms with E-state index in [4.69, 9.17) is 15.9 Å². The van der Waals surface area contributed by atoms with E-state index >= 15 is 4.39 Å². The van der Waals surface area contributed by atoms with E-state index in [1.54, 1.807) is 4.90 Å². The molecule has 0 radical (unpaired) electrons. The fourth-order valence-electron chi connectivity index (χ4n) is 7.91. The number of anilines is 1. The second-order valence-electron chi connectivity index (χ2n) is 13.0. The maximum atomic E-state index is 16.9. The number of pyridine rings is 1. The number of hydrogen-bond acceptors (Lipinski definition) is 8. The molecule has 4 aliphatic rings. The molecule has 6 heterocycles. The average Bonchev–Trinajstić information content (AvgIpc) is 3.45. The zero-order valence-electron chi connectivity index (χ0n) is 25.2. The number of halogens is 5. The molecule has 1 unspecified atom stereocenters. The second-order valence-corrected chi connectivity index (χ2v) is 13.0. The number of hydrogen-bond donors (Lipinski definition) is 1. The Morgan fingerprint density at radius 2 is 1.89 bits per heavy atom. The van der Waals surface area contributed by atoms with Crippen molar-refractivity contribution in [3.05, 3.63) is 41.5 Å². The van der Waals surface area contributed by atoms with Crippen molar-refractivity contribution in [3.8, 4) is 41.2 Å². The number of alkyl halides is 3. The molecule has 0 bridgehead atoms. The van der Waals surface area contributed by atoms with Crippen molar-refractivity contribution in [2.75, 3.05) is 37.7 Å². The van der Waals surface area contributed by atoms with Crippen molar-refractivity contribution in [1.29, 1.82) is 0 Å². The molecule has 3 atom stereocenters. The summed E-state index contributed by atoms with van der Waals surface area (Å²) >= 11 is 0. The quantitative estimate of drug-likeness (QED) is 0.208. The number of aromatic hydroxyl groups is 1. The molecule has 13 heteroatoms. The summed E-state index contributed by atoms with van der Waals surface area (Å²) in [6.07, 6.45) is 5.87. The summed E-state index contributed by atoms with van der Waals surface area (Å²) in [4.78, 5) is 17.3. The lowest BCUT2D eigenvalue weighted by atomic mass is 9.95. The van der Waals surface area contributed by atoms with Gasteiger partial charge in [0.1, 0.15) is 53.4 Å². The molecule has 244 valence electrons. The summed E-state index contributed by atoms with van der Waals surface area (Å²) in [5.41, 5.74) is -1.32. The summed E-state index contributed by atoms with van der Waals surface area (Å²) in [5, 5.41) is 11.1. The summed E-state index contributed by atoms with van der Waals surface area (Å²) in [6, 6.07) is 4.12. The van der Waals surface area contributed by atoms with Crippen molar-refractivity contribution >= 4 is 27.5 Å². The van der Waals surface area contributed by atoms with Gasteiger partial charge in [0, 0.05) is 43.3 Å². The molecule has 47 heavy (non-hydrogen) atoms. The molecule has 1 N–H and O–H groups in total. The van der Waals surface area contributed by atoms with E-state index < -0.39 is 41.7 Å². The predicted molar refractivity (Wildman–Crippen MR) is 164 cm³/mol. The lowest BCUT2D eigenvalue weighted by Gasteiger charge is -2.31. The van der Waals surface area contributed by atoms with Gasteiger partial charge in [-0.05, 0) is 49.4 Å². The Hall–Kier alpha value is -4.44. The zero-order valence-corrected chi connectivity index (χ0v) is 25.2. The normalized spacial score (nSPS) is 25.1. The summed E-state index contributed by atoms with van der Waals surface area (Å²) in [6.45, 7) is 1.10. The highest BCUT2D eigenvalue weighted by molar-refractivity contribution is 6.04. The highest BCUT2D eigenvalue weighted by Crippen LogP contribution is 2.46. The fraction of sp³-hybridized carbons (Fsp3) is 0.441. The van der Waals surface area contributed by atoms with Gasteiger partial charge in [0.05, 0.1) is 17.1 Å². The van der Waals surface area contributed by atoms with Crippen LogP contribution in [0.3, 0.4) is 0 Å². The van der Waals surface area contributed by atoms with Gasteiger partial charge in [-0.15, -0.1) is 6.42 Å². The molecule has 8 rings (SSSR count). The van der Waals surface area contributed by atoms with Crippen molar-refractivity contribution in [3.63, 3.8) is 0 Å². The summed E-state index contributed by atoms with van der Waals surface area (Å²) < 4.78 is 88.2. The number of ether oxygens (including phenoxy) is 2. The third-order valence-corrected chi connectivity index (χ3v) is 10.00. The van der Waals surface area contributed by atoms with Gasteiger partial charge in [0.2, 0.25) is 11.8 Å². The first-order chi connectivity index (χ1) is 22.6. The summed E-state index contributed by atoms with van der Waals surface area (Å²) in [5.74, 6) is -2.54. The van der Waals surface area contributed by atoms with Gasteiger partial charge in [-0.1, -0.05) is 12.0 Å². The smallest absolute Gasteiger partial charge is 0.319 e. The standard InChI is InChI=1S/C34H30F5N5O3/c1-2-22-24(36)6-5-18-11-21(45)12-23(25(18)22)28-27(37)29-26-30(44-10-4-8-34(38,39)14-20(44)16-46-31(26)40-28)42-32(41-29)47-17-33-7-3-9-43(33)15-19(35)13-33/h1,5-6,11-12,19-20,45H,3-4,7-10,13-17H2/t19?,20-,33-/m0/s1. The molecule has 8 nitrogen and oxygen atoms in total. The van der Waals surface area contributed by atoms with Gasteiger partial charge < -0.3 is 19.5 Å². The minimum Gasteiger partial charge on any atom is -0.508 e. The first kappa shape index (κ1) is 29.9. The predicted octanol–water partition coefficient (Wildman–Crippen LogP) is 6.15. The molecular weight excluding hydrogens is 621 g/mol. The number of phenolic OH excluding ortho intramolecular Hbond substituents is 1. The van der Waals surface area contributed by atoms with Crippen molar-refractivity contribution in [2.45, 2.75) is 62.2 Å². The van der Waals surface area contributed by atoms with Gasteiger partial charge in [0.15, 0.2) is 5.82 Å². The lowest BCUT2D eigenvalue weighted by Crippen LogP contribution is -2.43. The number of nitrogens with zero attached hydrogens (tertiary/aromatic N) is 5. The Balaban J connectivity index is 1.33. The Kier molecular flexibility index (Phi) is 6.88. The minimum atomic E-state index is -2.96. The van der Waals surface area contributed by atoms with Crippen molar-refractivity contribution < 1.29 is 36.5 Å². The molecule has 4 aliphatic heterocycles. The number of benzene rings is 2. The lowest BCUT2D eigenvalue weighted by molar-refractivity contribution is -0.0204. The van der Waals surface area contributed by atoms with Crippen LogP contribution >= 0.6 is 0 Å². The first-order valence-electron chi connectivity index (χ1n) is 15.7. The number of fused-ring (bicyclic) bond motifs is 4. The zero-order chi connectivity index (χ0) is 32.7. The van der Waals surface area contributed by atoms with Gasteiger partial charge in [0.25, 0.3) is 0 Å². The highest BCUT2D eigenvalue weighted by atomic mass is 19.3. The van der Waals surface area contributed by atoms with Crippen LogP contribution in [0.25, 0.3) is 32.9 Å². The average molecular weight is 652 g/mol. The highest BCUT2D eigenvalue weighted by Gasteiger charge is 2.49. The SMILES string of the molecule is C#Cc1c(F)ccc2cc(O)cc(-c3nc4c5c(nc(OC[C@@]67CCCN6CC(F)C7)nc5c3F)N3CCCC(F)(F)C[C@H]3CO4)c12. The largest absolute Gasteiger partial charge is 0.508 e. The van der Waals surface area contributed by atoms with Gasteiger partial charge in [-0.3, -0.25) is 4.90 Å². The monoisotopic (exact) mass is 651 g/mol. The van der Waals surface area contributed by atoms with Crippen LogP contribution in [0.2, 0.25) is 0 Å². The molecule has 2 aromatic heterocycles. The Labute approximate surface area is 266 Å². The van der Waals surface area contributed by atoms with Gasteiger partial charge >= 0.3 is 6.01 Å². The van der Waals surface area contributed by atoms with E-state index in [0.717, 1.165) is 25.5 Å². The van der Waals surface area contributed by atoms with E-state index in [1.165, 1.54) is 18.2 Å². The first-order valence-corrected chi connectivity index (χ1v) is 15.7. The van der Waals surface area contributed by atoms with Crippen LogP contribution in [0, 0.1) is 24.0 Å². The Morgan fingerprint density at radius 3 is 2.72 bits per heavy atom. The van der Waals surface area contributed by atoms with Crippen molar-refractivity contribution in [2.24, 2.45) is 0 Å². The number of terminal acetylenes is 1. The van der Waals surface area contributed by atoms with E-state index in [2.05, 4.69) is 25.8 Å². The van der Waals surface area contributed by atoms with Crippen LogP contribution in [-0.2, 0) is 0 Å². The molecule has 0 aliphatic carbocycles. The van der Waals surface area contributed by atoms with Crippen molar-refractivity contribution in [1.82, 2.24) is 19.9 Å². The molecule has 0 spiro atoms. The molecule has 4 aromatic rings. The molecule has 2 aromatic carbocycles. The maximum Gasteiger partial charge on any atom is 0.319 e. The topological polar surface area (TPSA) is 83.8 Å². The van der Waals surface area contributed by atoms with Gasteiger partial charge in [-0.25, -0.2) is 26.9 Å². The summed E-state index contributed by atoms with van der Waals surface area (Å²) in [7, 11) is 0. The van der Waals surface area contributed by atoms with Crippen LogP contribution in [-0.4, -0.2) is 81.5 Å². The van der Waals surface area contributed by atoms with Crippen LogP contribution in [0.1, 0.15) is 44.1 Å². The Bertz CT molecular complexity index is 1990.